The van der Waals surface area contributed by atoms with E-state index in [1.807, 2.05) is 26.0 Å². The number of anilines is 2. The molecule has 1 fully saturated rings. The topological polar surface area (TPSA) is 101 Å². The van der Waals surface area contributed by atoms with Gasteiger partial charge in [-0.25, -0.2) is 4.79 Å². The lowest BCUT2D eigenvalue weighted by Crippen LogP contribution is -2.24. The van der Waals surface area contributed by atoms with Crippen molar-refractivity contribution in [1.29, 1.82) is 0 Å². The average molecular weight is 388 g/mol. The molecule has 1 saturated heterocycles. The van der Waals surface area contributed by atoms with E-state index in [9.17, 15) is 14.4 Å². The molecule has 27 heavy (non-hydrogen) atoms. The molecule has 1 aromatic carbocycles. The van der Waals surface area contributed by atoms with Crippen molar-refractivity contribution in [3.8, 4) is 0 Å². The van der Waals surface area contributed by atoms with Crippen molar-refractivity contribution in [3.05, 3.63) is 34.3 Å². The summed E-state index contributed by atoms with van der Waals surface area (Å²) in [6, 6.07) is 6.03. The Balaban J connectivity index is 1.70. The molecule has 1 N–H and O–H groups in total. The van der Waals surface area contributed by atoms with Crippen molar-refractivity contribution in [2.45, 2.75) is 33.1 Å². The predicted molar refractivity (Wildman–Crippen MR) is 101 cm³/mol. The highest BCUT2D eigenvalue weighted by Crippen LogP contribution is 2.34. The minimum Gasteiger partial charge on any atom is -0.459 e. The van der Waals surface area contributed by atoms with Crippen molar-refractivity contribution >= 4 is 39.9 Å². The molecule has 9 heteroatoms. The number of esters is 1. The van der Waals surface area contributed by atoms with Crippen LogP contribution in [0.5, 0.6) is 0 Å². The van der Waals surface area contributed by atoms with Gasteiger partial charge in [0.05, 0.1) is 6.61 Å². The van der Waals surface area contributed by atoms with E-state index in [-0.39, 0.29) is 23.6 Å². The molecule has 1 aliphatic rings. The van der Waals surface area contributed by atoms with Crippen LogP contribution in [0, 0.1) is 13.8 Å². The van der Waals surface area contributed by atoms with Crippen molar-refractivity contribution < 1.29 is 19.1 Å². The summed E-state index contributed by atoms with van der Waals surface area (Å²) in [5.41, 5.74) is 3.07. The van der Waals surface area contributed by atoms with E-state index in [4.69, 9.17) is 0 Å². The maximum Gasteiger partial charge on any atom is 0.397 e. The van der Waals surface area contributed by atoms with Crippen LogP contribution in [-0.4, -0.2) is 41.1 Å². The van der Waals surface area contributed by atoms with Gasteiger partial charge in [0.2, 0.25) is 11.0 Å². The molecule has 2 aromatic rings. The van der Waals surface area contributed by atoms with E-state index in [0.29, 0.717) is 18.0 Å². The van der Waals surface area contributed by atoms with Crippen LogP contribution in [0.3, 0.4) is 0 Å². The first-order valence-electron chi connectivity index (χ1n) is 8.57. The van der Waals surface area contributed by atoms with E-state index in [1.165, 1.54) is 0 Å². The summed E-state index contributed by atoms with van der Waals surface area (Å²) in [6.07, 6.45) is 0.327. The van der Waals surface area contributed by atoms with Crippen LogP contribution in [-0.2, 0) is 19.1 Å². The Bertz CT molecular complexity index is 875. The largest absolute Gasteiger partial charge is 0.459 e. The zero-order valence-electron chi connectivity index (χ0n) is 15.3. The van der Waals surface area contributed by atoms with E-state index in [0.717, 1.165) is 28.2 Å². The normalized spacial score (nSPS) is 16.5. The van der Waals surface area contributed by atoms with Crippen LogP contribution >= 0.6 is 11.3 Å². The third kappa shape index (κ3) is 4.30. The fourth-order valence-corrected chi connectivity index (χ4v) is 3.85. The van der Waals surface area contributed by atoms with Crippen LogP contribution in [0.1, 0.15) is 35.4 Å². The van der Waals surface area contributed by atoms with Gasteiger partial charge >= 0.3 is 11.9 Å². The molecule has 0 bridgehead atoms. The quantitative estimate of drug-likeness (QED) is 0.636. The van der Waals surface area contributed by atoms with E-state index >= 15 is 0 Å². The maximum absolute atomic E-state index is 12.5. The second kappa shape index (κ2) is 7.83. The van der Waals surface area contributed by atoms with Gasteiger partial charge in [0.15, 0.2) is 0 Å². The zero-order valence-corrected chi connectivity index (χ0v) is 16.1. The lowest BCUT2D eigenvalue weighted by Gasteiger charge is -2.17. The number of aryl methyl sites for hydroxylation is 2. The Morgan fingerprint density at radius 2 is 1.96 bits per heavy atom. The Morgan fingerprint density at radius 3 is 2.63 bits per heavy atom. The van der Waals surface area contributed by atoms with Crippen molar-refractivity contribution in [1.82, 2.24) is 10.2 Å². The highest BCUT2D eigenvalue weighted by Gasteiger charge is 2.34. The van der Waals surface area contributed by atoms with Crippen molar-refractivity contribution in [2.24, 2.45) is 0 Å². The first-order chi connectivity index (χ1) is 12.9. The lowest BCUT2D eigenvalue weighted by molar-refractivity contribution is -0.152. The summed E-state index contributed by atoms with van der Waals surface area (Å²) in [5, 5.41) is 11.2. The third-order valence-electron chi connectivity index (χ3n) is 4.11. The number of nitrogens with one attached hydrogen (secondary N) is 1. The highest BCUT2D eigenvalue weighted by atomic mass is 32.1. The molecule has 1 unspecified atom stereocenters. The van der Waals surface area contributed by atoms with Crippen LogP contribution in [0.15, 0.2) is 18.2 Å². The monoisotopic (exact) mass is 388 g/mol. The smallest absolute Gasteiger partial charge is 0.397 e. The summed E-state index contributed by atoms with van der Waals surface area (Å²) in [4.78, 5) is 37.3. The first-order valence-corrected chi connectivity index (χ1v) is 9.39. The van der Waals surface area contributed by atoms with Crippen LogP contribution in [0.2, 0.25) is 0 Å². The summed E-state index contributed by atoms with van der Waals surface area (Å²) < 4.78 is 4.63. The number of benzene rings is 1. The van der Waals surface area contributed by atoms with Gasteiger partial charge in [-0.1, -0.05) is 17.4 Å². The lowest BCUT2D eigenvalue weighted by atomic mass is 10.1. The summed E-state index contributed by atoms with van der Waals surface area (Å²) in [6.45, 7) is 6.23. The SMILES string of the molecule is CCOC(=O)C(=O)Nc1nnc(C2CC(=O)N(c3cc(C)cc(C)c3)C2)s1. The predicted octanol–water partition coefficient (Wildman–Crippen LogP) is 2.18. The molecule has 1 atom stereocenters. The Labute approximate surface area is 160 Å². The first kappa shape index (κ1) is 19.0. The minimum absolute atomic E-state index is 0.0253. The van der Waals surface area contributed by atoms with Gasteiger partial charge in [0, 0.05) is 24.6 Å². The maximum atomic E-state index is 12.5. The van der Waals surface area contributed by atoms with Crippen LogP contribution in [0.4, 0.5) is 10.8 Å². The molecule has 2 heterocycles. The fourth-order valence-electron chi connectivity index (χ4n) is 3.02. The molecule has 8 nitrogen and oxygen atoms in total. The van der Waals surface area contributed by atoms with Gasteiger partial charge in [-0.05, 0) is 44.0 Å². The molecule has 2 amide bonds. The second-order valence-electron chi connectivity index (χ2n) is 6.37. The second-order valence-corrected chi connectivity index (χ2v) is 7.38. The number of aromatic nitrogens is 2. The molecular weight excluding hydrogens is 368 g/mol. The summed E-state index contributed by atoms with van der Waals surface area (Å²) in [7, 11) is 0. The van der Waals surface area contributed by atoms with E-state index in [1.54, 1.807) is 11.8 Å². The van der Waals surface area contributed by atoms with Crippen LogP contribution in [0.25, 0.3) is 0 Å². The van der Waals surface area contributed by atoms with Gasteiger partial charge in [0.1, 0.15) is 5.01 Å². The number of hydrogen-bond donors (Lipinski definition) is 1. The van der Waals surface area contributed by atoms with Gasteiger partial charge in [-0.15, -0.1) is 10.2 Å². The standard InChI is InChI=1S/C18H20N4O4S/c1-4-26-17(25)15(24)19-18-21-20-16(27-18)12-8-14(23)22(9-12)13-6-10(2)5-11(3)7-13/h5-7,12H,4,8-9H2,1-3H3,(H,19,21,24). The van der Waals surface area contributed by atoms with Gasteiger partial charge in [-0.2, -0.15) is 0 Å². The number of ether oxygens (including phenoxy) is 1. The third-order valence-corrected chi connectivity index (χ3v) is 5.12. The summed E-state index contributed by atoms with van der Waals surface area (Å²) >= 11 is 1.16. The van der Waals surface area contributed by atoms with Gasteiger partial charge < -0.3 is 9.64 Å². The molecule has 1 aliphatic heterocycles. The fraction of sp³-hybridized carbons (Fsp3) is 0.389. The van der Waals surface area contributed by atoms with Gasteiger partial charge in [0.25, 0.3) is 0 Å². The van der Waals surface area contributed by atoms with Gasteiger partial charge in [-0.3, -0.25) is 14.9 Å². The molecule has 1 aromatic heterocycles. The number of rotatable bonds is 4. The molecule has 0 aliphatic carbocycles. The van der Waals surface area contributed by atoms with E-state index < -0.39 is 11.9 Å². The molecule has 0 saturated carbocycles. The highest BCUT2D eigenvalue weighted by molar-refractivity contribution is 7.15. The molecular formula is C18H20N4O4S. The Hall–Kier alpha value is -2.81. The number of nitrogens with zero attached hydrogens (tertiary/aromatic N) is 3. The van der Waals surface area contributed by atoms with Crippen molar-refractivity contribution in [3.63, 3.8) is 0 Å². The number of hydrogen-bond acceptors (Lipinski definition) is 7. The Kier molecular flexibility index (Phi) is 5.50. The number of amides is 2. The molecule has 0 radical (unpaired) electrons. The molecule has 0 spiro atoms. The molecule has 3 rings (SSSR count). The zero-order chi connectivity index (χ0) is 19.6. The number of carbonyl (C=O) groups is 3. The van der Waals surface area contributed by atoms with Crippen LogP contribution < -0.4 is 10.2 Å². The summed E-state index contributed by atoms with van der Waals surface area (Å²) in [5.74, 6) is -1.94. The van der Waals surface area contributed by atoms with E-state index in [2.05, 4.69) is 26.3 Å². The molecule has 142 valence electrons. The Morgan fingerprint density at radius 1 is 1.26 bits per heavy atom. The average Bonchev–Trinajstić information content (AvgIpc) is 3.20. The minimum atomic E-state index is -0.966. The number of carbonyl (C=O) groups excluding carboxylic acids is 3. The van der Waals surface area contributed by atoms with Crippen molar-refractivity contribution in [2.75, 3.05) is 23.4 Å².